The summed E-state index contributed by atoms with van der Waals surface area (Å²) in [7, 11) is -4.18. The van der Waals surface area contributed by atoms with E-state index < -0.39 is 27.8 Å². The molecular weight excluding hydrogens is 459 g/mol. The molecule has 0 bridgehead atoms. The molecule has 1 saturated carbocycles. The molecule has 1 aliphatic rings. The summed E-state index contributed by atoms with van der Waals surface area (Å²) in [6, 6.07) is 8.62. The largest absolute Gasteiger partial charge is 0.368 e. The molecule has 0 radical (unpaired) electrons. The van der Waals surface area contributed by atoms with Crippen LogP contribution in [0, 0.1) is 11.7 Å². The van der Waals surface area contributed by atoms with E-state index in [4.69, 9.17) is 17.3 Å². The summed E-state index contributed by atoms with van der Waals surface area (Å²) >= 11 is 5.89. The lowest BCUT2D eigenvalue weighted by Gasteiger charge is -2.29. The average Bonchev–Trinajstić information content (AvgIpc) is 3.40. The van der Waals surface area contributed by atoms with Crippen molar-refractivity contribution < 1.29 is 22.1 Å². The topological polar surface area (TPSA) is 119 Å². The molecule has 0 unspecified atom stereocenters. The van der Waals surface area contributed by atoms with Gasteiger partial charge in [0.1, 0.15) is 11.9 Å². The highest BCUT2D eigenvalue weighted by Gasteiger charge is 2.39. The van der Waals surface area contributed by atoms with Crippen molar-refractivity contribution in [1.82, 2.24) is 14.4 Å². The molecule has 1 aliphatic carbocycles. The monoisotopic (exact) mass is 478 g/mol. The second-order valence-electron chi connectivity index (χ2n) is 7.66. The van der Waals surface area contributed by atoms with Gasteiger partial charge < -0.3 is 10.3 Å². The fourth-order valence-electron chi connectivity index (χ4n) is 3.43. The Hall–Kier alpha value is -2.82. The van der Waals surface area contributed by atoms with E-state index in [2.05, 4.69) is 14.7 Å². The molecule has 2 N–H and O–H groups in total. The third-order valence-corrected chi connectivity index (χ3v) is 7.47. The second-order valence-corrected chi connectivity index (χ2v) is 9.99. The van der Waals surface area contributed by atoms with Gasteiger partial charge in [0.2, 0.25) is 28.1 Å². The van der Waals surface area contributed by atoms with Gasteiger partial charge >= 0.3 is 0 Å². The molecule has 32 heavy (non-hydrogen) atoms. The van der Waals surface area contributed by atoms with Crippen molar-refractivity contribution >= 4 is 27.5 Å². The third-order valence-electron chi connectivity index (χ3n) is 5.35. The highest BCUT2D eigenvalue weighted by atomic mass is 35.5. The van der Waals surface area contributed by atoms with Gasteiger partial charge in [0.25, 0.3) is 0 Å². The molecule has 8 nitrogen and oxygen atoms in total. The number of carbonyl (C=O) groups is 1. The Morgan fingerprint density at radius 3 is 2.53 bits per heavy atom. The quantitative estimate of drug-likeness (QED) is 0.503. The van der Waals surface area contributed by atoms with Gasteiger partial charge in [-0.2, -0.15) is 9.29 Å². The third kappa shape index (κ3) is 4.82. The van der Waals surface area contributed by atoms with E-state index in [0.717, 1.165) is 23.5 Å². The van der Waals surface area contributed by atoms with Crippen molar-refractivity contribution in [1.29, 1.82) is 0 Å². The predicted octanol–water partition coefficient (Wildman–Crippen LogP) is 3.37. The Kier molecular flexibility index (Phi) is 6.27. The Morgan fingerprint density at radius 2 is 1.97 bits per heavy atom. The van der Waals surface area contributed by atoms with Crippen LogP contribution in [0.4, 0.5) is 4.39 Å². The van der Waals surface area contributed by atoms with Crippen molar-refractivity contribution in [2.45, 2.75) is 36.7 Å². The van der Waals surface area contributed by atoms with Crippen LogP contribution in [0.5, 0.6) is 0 Å². The van der Waals surface area contributed by atoms with Crippen LogP contribution in [0.25, 0.3) is 11.4 Å². The number of sulfonamides is 1. The summed E-state index contributed by atoms with van der Waals surface area (Å²) in [6.45, 7) is -0.371. The number of hydrogen-bond acceptors (Lipinski definition) is 6. The molecule has 168 valence electrons. The van der Waals surface area contributed by atoms with Gasteiger partial charge in [0.15, 0.2) is 0 Å². The molecule has 0 spiro atoms. The lowest BCUT2D eigenvalue weighted by atomic mass is 10.1. The molecule has 1 heterocycles. The molecule has 3 aromatic rings. The van der Waals surface area contributed by atoms with Crippen LogP contribution < -0.4 is 5.73 Å². The van der Waals surface area contributed by atoms with E-state index in [1.807, 2.05) is 0 Å². The Labute approximate surface area is 189 Å². The first-order chi connectivity index (χ1) is 15.3. The number of rotatable bonds is 9. The molecule has 2 aromatic carbocycles. The molecule has 1 atom stereocenters. The molecule has 1 aromatic heterocycles. The van der Waals surface area contributed by atoms with Gasteiger partial charge in [-0.1, -0.05) is 41.7 Å². The minimum absolute atomic E-state index is 0.0622. The van der Waals surface area contributed by atoms with Crippen LogP contribution in [-0.2, 0) is 21.4 Å². The van der Waals surface area contributed by atoms with Crippen molar-refractivity contribution in [2.75, 3.05) is 0 Å². The maximum atomic E-state index is 14.9. The van der Waals surface area contributed by atoms with E-state index in [-0.39, 0.29) is 35.2 Å². The normalized spacial score (nSPS) is 15.1. The zero-order valence-corrected chi connectivity index (χ0v) is 18.4. The van der Waals surface area contributed by atoms with E-state index in [9.17, 15) is 17.6 Å². The number of carbonyl (C=O) groups excluding carboxylic acids is 1. The minimum atomic E-state index is -4.18. The zero-order valence-electron chi connectivity index (χ0n) is 16.8. The first kappa shape index (κ1) is 22.4. The van der Waals surface area contributed by atoms with Gasteiger partial charge in [-0.25, -0.2) is 12.8 Å². The first-order valence-corrected chi connectivity index (χ1v) is 11.7. The van der Waals surface area contributed by atoms with Gasteiger partial charge in [-0.3, -0.25) is 4.79 Å². The highest BCUT2D eigenvalue weighted by molar-refractivity contribution is 7.89. The van der Waals surface area contributed by atoms with Gasteiger partial charge in [0, 0.05) is 22.7 Å². The fraction of sp³-hybridized carbons (Fsp3) is 0.286. The van der Waals surface area contributed by atoms with Crippen molar-refractivity contribution in [2.24, 2.45) is 11.7 Å². The summed E-state index contributed by atoms with van der Waals surface area (Å²) in [4.78, 5) is 16.1. The Bertz CT molecular complexity index is 1220. The van der Waals surface area contributed by atoms with Crippen molar-refractivity contribution in [3.8, 4) is 11.4 Å². The Morgan fingerprint density at radius 1 is 1.25 bits per heavy atom. The molecule has 1 fully saturated rings. The first-order valence-electron chi connectivity index (χ1n) is 9.87. The van der Waals surface area contributed by atoms with Gasteiger partial charge in [0.05, 0.1) is 4.90 Å². The summed E-state index contributed by atoms with van der Waals surface area (Å²) in [5, 5.41) is 4.03. The zero-order chi connectivity index (χ0) is 22.9. The maximum Gasteiger partial charge on any atom is 0.244 e. The van der Waals surface area contributed by atoms with Crippen molar-refractivity contribution in [3.63, 3.8) is 0 Å². The number of halogens is 2. The second kappa shape index (κ2) is 8.97. The number of amides is 1. The lowest BCUT2D eigenvalue weighted by molar-refractivity contribution is -0.122. The van der Waals surface area contributed by atoms with Crippen LogP contribution in [0.2, 0.25) is 5.02 Å². The maximum absolute atomic E-state index is 14.9. The average molecular weight is 479 g/mol. The standard InChI is InChI=1S/C21H20ClFN4O4S/c22-16-5-7-17(8-6-16)32(29,30)27(19(20(24)28)9-13-1-2-13)11-15-4-3-14(10-18(15)23)21-25-12-31-26-21/h3-8,10,12-13,19H,1-2,9,11H2,(H2,24,28)/t19-/m1/s1. The van der Waals surface area contributed by atoms with Gasteiger partial charge in [-0.15, -0.1) is 0 Å². The molecule has 0 aliphatic heterocycles. The summed E-state index contributed by atoms with van der Waals surface area (Å²) in [5.41, 5.74) is 6.06. The number of hydrogen-bond donors (Lipinski definition) is 1. The van der Waals surface area contributed by atoms with E-state index >= 15 is 0 Å². The molecule has 11 heteroatoms. The number of primary amides is 1. The number of aromatic nitrogens is 2. The summed E-state index contributed by atoms with van der Waals surface area (Å²) < 4.78 is 47.6. The summed E-state index contributed by atoms with van der Waals surface area (Å²) in [6.07, 6.45) is 3.19. The Balaban J connectivity index is 1.72. The van der Waals surface area contributed by atoms with Crippen molar-refractivity contribution in [3.05, 3.63) is 65.3 Å². The lowest BCUT2D eigenvalue weighted by Crippen LogP contribution is -2.47. The fourth-order valence-corrected chi connectivity index (χ4v) is 5.14. The van der Waals surface area contributed by atoms with E-state index in [1.165, 1.54) is 36.4 Å². The SMILES string of the molecule is NC(=O)[C@@H](CC1CC1)N(Cc1ccc(-c2ncon2)cc1F)S(=O)(=O)c1ccc(Cl)cc1. The van der Waals surface area contributed by atoms with E-state index in [0.29, 0.717) is 10.6 Å². The number of benzene rings is 2. The van der Waals surface area contributed by atoms with Crippen LogP contribution in [0.1, 0.15) is 24.8 Å². The smallest absolute Gasteiger partial charge is 0.244 e. The van der Waals surface area contributed by atoms with Crippen LogP contribution in [-0.4, -0.2) is 34.8 Å². The molecule has 1 amide bonds. The molecule has 0 saturated heterocycles. The number of nitrogens with zero attached hydrogens (tertiary/aromatic N) is 3. The minimum Gasteiger partial charge on any atom is -0.368 e. The van der Waals surface area contributed by atoms with Gasteiger partial charge in [-0.05, 0) is 42.7 Å². The number of nitrogens with two attached hydrogens (primary N) is 1. The van der Waals surface area contributed by atoms with Crippen LogP contribution in [0.15, 0.2) is 58.3 Å². The predicted molar refractivity (Wildman–Crippen MR) is 114 cm³/mol. The van der Waals surface area contributed by atoms with Crippen LogP contribution in [0.3, 0.4) is 0 Å². The van der Waals surface area contributed by atoms with E-state index in [1.54, 1.807) is 6.07 Å². The molecule has 4 rings (SSSR count). The van der Waals surface area contributed by atoms with Crippen LogP contribution >= 0.6 is 11.6 Å². The highest BCUT2D eigenvalue weighted by Crippen LogP contribution is 2.36. The summed E-state index contributed by atoms with van der Waals surface area (Å²) in [5.74, 6) is -1.04. The molecular formula is C21H20ClFN4O4S.